The third-order valence-electron chi connectivity index (χ3n) is 24.4. The van der Waals surface area contributed by atoms with Crippen molar-refractivity contribution >= 4 is 53.9 Å². The summed E-state index contributed by atoms with van der Waals surface area (Å²) in [5.41, 5.74) is 33.4. The Morgan fingerprint density at radius 3 is 0.920 bits per heavy atom. The van der Waals surface area contributed by atoms with Gasteiger partial charge >= 0.3 is 0 Å². The Morgan fingerprint density at radius 1 is 0.250 bits per heavy atom. The van der Waals surface area contributed by atoms with Crippen molar-refractivity contribution in [2.24, 2.45) is 5.92 Å². The maximum atomic E-state index is 2.46. The minimum absolute atomic E-state index is 0.0876. The van der Waals surface area contributed by atoms with Gasteiger partial charge in [-0.2, -0.15) is 0 Å². The number of aryl methyl sites for hydroxylation is 6. The van der Waals surface area contributed by atoms with Crippen LogP contribution in [0.15, 0.2) is 237 Å². The van der Waals surface area contributed by atoms with Crippen molar-refractivity contribution in [1.29, 1.82) is 0 Å². The van der Waals surface area contributed by atoms with E-state index in [1.165, 1.54) is 225 Å². The predicted molar refractivity (Wildman–Crippen MR) is 497 cm³/mol. The first-order valence-electron chi connectivity index (χ1n) is 41.8. The maximum Gasteiger partial charge on any atom is -0.00752 e. The Hall–Kier alpha value is -9.62. The van der Waals surface area contributed by atoms with Crippen molar-refractivity contribution in [3.05, 3.63) is 309 Å². The minimum atomic E-state index is 0.0876. The van der Waals surface area contributed by atoms with E-state index < -0.39 is 0 Å². The van der Waals surface area contributed by atoms with Crippen LogP contribution in [0.2, 0.25) is 0 Å². The molecule has 14 aromatic rings. The van der Waals surface area contributed by atoms with Crippen molar-refractivity contribution in [1.82, 2.24) is 0 Å². The van der Waals surface area contributed by atoms with Gasteiger partial charge in [0, 0.05) is 0 Å². The molecular weight excluding hydrogens is 1350 g/mol. The lowest BCUT2D eigenvalue weighted by atomic mass is 9.82. The van der Waals surface area contributed by atoms with Gasteiger partial charge < -0.3 is 0 Å². The van der Waals surface area contributed by atoms with Gasteiger partial charge in [-0.05, 0) is 310 Å². The molecule has 0 fully saturated rings. The topological polar surface area (TPSA) is 0 Å². The van der Waals surface area contributed by atoms with E-state index in [9.17, 15) is 0 Å². The lowest BCUT2D eigenvalue weighted by molar-refractivity contribution is 0.449. The standard InChI is InChI=1S/C64H68.2C24H30/c1-41-15-32-57-59(33-41)58(51-37-47(43-16-24-53(25-17-43)61(3,4)5)35-48(38-51)44-18-26-54(27-19-44)62(6,7)8)34-42(2)60(57)52-39-49(45-20-28-55(29-21-45)63(9,10)11)36-50(40-52)46-22-30-56(31-23-46)64(12,13)14;1-15-19-11-9-18(24(6,7)8)14-22(19)16(2)20-12-10-17(13-21(15)20)23(3,4)5;1-5-7-10-19(6-2)15-20-13-14-23-17(3)21-11-8-9-12-22(21)18(4)24(23)16-20/h15-40H,1-14H3;9-14H,1-8H3;8-9,11-14,16,19H,5-7,10,15H2,1-4H3. The lowest BCUT2D eigenvalue weighted by Gasteiger charge is -2.23. The average molecular weight is 1470 g/mol. The van der Waals surface area contributed by atoms with Gasteiger partial charge in [-0.3, -0.25) is 0 Å². The smallest absolute Gasteiger partial charge is 0.00752 e. The summed E-state index contributed by atoms with van der Waals surface area (Å²) in [6.45, 7) is 59.4. The second-order valence-corrected chi connectivity index (χ2v) is 39.1. The van der Waals surface area contributed by atoms with Crippen molar-refractivity contribution in [3.8, 4) is 66.8 Å². The number of fused-ring (bicyclic) bond motifs is 5. The predicted octanol–water partition coefficient (Wildman–Crippen LogP) is 33.2. The fraction of sp³-hybridized carbons (Fsp3) is 0.339. The number of hydrogen-bond acceptors (Lipinski definition) is 0. The van der Waals surface area contributed by atoms with Crippen LogP contribution >= 0.6 is 0 Å². The highest BCUT2D eigenvalue weighted by Gasteiger charge is 2.24. The lowest BCUT2D eigenvalue weighted by Crippen LogP contribution is -2.11. The molecule has 0 heterocycles. The van der Waals surface area contributed by atoms with Crippen LogP contribution in [0.5, 0.6) is 0 Å². The van der Waals surface area contributed by atoms with Crippen molar-refractivity contribution in [3.63, 3.8) is 0 Å². The van der Waals surface area contributed by atoms with Gasteiger partial charge in [-0.25, -0.2) is 0 Å². The molecule has 0 aliphatic heterocycles. The first-order valence-corrected chi connectivity index (χ1v) is 41.8. The highest BCUT2D eigenvalue weighted by atomic mass is 14.3. The van der Waals surface area contributed by atoms with Gasteiger partial charge in [0.2, 0.25) is 0 Å². The Labute approximate surface area is 675 Å². The van der Waals surface area contributed by atoms with Crippen LogP contribution in [0.1, 0.15) is 236 Å². The third-order valence-corrected chi connectivity index (χ3v) is 24.4. The zero-order valence-corrected chi connectivity index (χ0v) is 73.1. The molecule has 0 aliphatic carbocycles. The second kappa shape index (κ2) is 32.1. The van der Waals surface area contributed by atoms with E-state index in [2.05, 4.69) is 417 Å². The zero-order valence-electron chi connectivity index (χ0n) is 73.1. The maximum absolute atomic E-state index is 2.46. The quantitative estimate of drug-likeness (QED) is 0.107. The summed E-state index contributed by atoms with van der Waals surface area (Å²) in [5, 5.41) is 13.8. The monoisotopic (exact) mass is 1470 g/mol. The van der Waals surface area contributed by atoms with Gasteiger partial charge in [-0.1, -0.05) is 370 Å². The zero-order chi connectivity index (χ0) is 80.9. The van der Waals surface area contributed by atoms with E-state index in [4.69, 9.17) is 0 Å². The van der Waals surface area contributed by atoms with Gasteiger partial charge in [0.15, 0.2) is 0 Å². The second-order valence-electron chi connectivity index (χ2n) is 39.1. The summed E-state index contributed by atoms with van der Waals surface area (Å²) in [7, 11) is 0. The van der Waals surface area contributed by atoms with E-state index in [0.717, 1.165) is 5.92 Å². The van der Waals surface area contributed by atoms with Gasteiger partial charge in [-0.15, -0.1) is 0 Å². The molecule has 1 unspecified atom stereocenters. The summed E-state index contributed by atoms with van der Waals surface area (Å²) in [5.74, 6) is 0.823. The van der Waals surface area contributed by atoms with Gasteiger partial charge in [0.25, 0.3) is 0 Å². The largest absolute Gasteiger partial charge is 0.0654 e. The van der Waals surface area contributed by atoms with E-state index in [-0.39, 0.29) is 32.5 Å². The molecule has 0 spiro atoms. The molecule has 0 saturated heterocycles. The normalized spacial score (nSPS) is 12.7. The SMILES string of the molecule is CCCCC(CC)Cc1ccc2c(C)c3ccccc3c(C)c2c1.Cc1c2ccc(C(C)(C)C)cc2c(C)c2ccc(C(C)(C)C)cc12.Cc1ccc2c(-c3cc(-c4ccc(C(C)(C)C)cc4)cc(-c4ccc(C(C)(C)C)cc4)c3)c(C)cc(-c3cc(-c4ccc(C(C)(C)C)cc4)cc(-c4ccc(C(C)(C)C)cc4)c3)c2c1. The van der Waals surface area contributed by atoms with Crippen LogP contribution < -0.4 is 0 Å². The summed E-state index contributed by atoms with van der Waals surface area (Å²) in [4.78, 5) is 0. The molecule has 0 N–H and O–H groups in total. The molecule has 0 bridgehead atoms. The van der Waals surface area contributed by atoms with Crippen LogP contribution in [0.25, 0.3) is 121 Å². The summed E-state index contributed by atoms with van der Waals surface area (Å²) < 4.78 is 0. The van der Waals surface area contributed by atoms with Crippen molar-refractivity contribution in [2.45, 2.75) is 245 Å². The molecule has 112 heavy (non-hydrogen) atoms. The molecule has 0 heteroatoms. The minimum Gasteiger partial charge on any atom is -0.0654 e. The molecule has 1 atom stereocenters. The van der Waals surface area contributed by atoms with Crippen LogP contribution in [-0.4, -0.2) is 0 Å². The fourth-order valence-electron chi connectivity index (χ4n) is 16.8. The molecular formula is C112H128. The summed E-state index contributed by atoms with van der Waals surface area (Å²) in [6, 6.07) is 90.8. The fourth-order valence-corrected chi connectivity index (χ4v) is 16.8. The number of rotatable bonds is 12. The molecule has 0 nitrogen and oxygen atoms in total. The molecule has 14 rings (SSSR count). The van der Waals surface area contributed by atoms with Gasteiger partial charge in [0.05, 0.1) is 0 Å². The molecule has 0 aromatic heterocycles. The van der Waals surface area contributed by atoms with E-state index in [1.807, 2.05) is 0 Å². The molecule has 0 saturated carbocycles. The highest BCUT2D eigenvalue weighted by Crippen LogP contribution is 2.46. The molecule has 0 amide bonds. The van der Waals surface area contributed by atoms with E-state index >= 15 is 0 Å². The number of benzene rings is 14. The van der Waals surface area contributed by atoms with Crippen LogP contribution in [0.3, 0.4) is 0 Å². The Kier molecular flexibility index (Phi) is 23.5. The average Bonchev–Trinajstić information content (AvgIpc) is 0.756. The summed E-state index contributed by atoms with van der Waals surface area (Å²) in [6.07, 6.45) is 6.53. The Balaban J connectivity index is 0.000000196. The molecule has 0 radical (unpaired) electrons. The van der Waals surface area contributed by atoms with Crippen LogP contribution in [0, 0.1) is 47.5 Å². The van der Waals surface area contributed by atoms with Crippen molar-refractivity contribution < 1.29 is 0 Å². The molecule has 576 valence electrons. The molecule has 14 aromatic carbocycles. The number of unbranched alkanes of at least 4 members (excludes halogenated alkanes) is 1. The first kappa shape index (κ1) is 81.9. The van der Waals surface area contributed by atoms with Gasteiger partial charge in [0.1, 0.15) is 0 Å². The molecule has 0 aliphatic rings. The van der Waals surface area contributed by atoms with Crippen LogP contribution in [-0.2, 0) is 38.9 Å². The Morgan fingerprint density at radius 2 is 0.562 bits per heavy atom. The van der Waals surface area contributed by atoms with Crippen molar-refractivity contribution in [2.75, 3.05) is 0 Å². The number of hydrogen-bond donors (Lipinski definition) is 0. The van der Waals surface area contributed by atoms with E-state index in [0.29, 0.717) is 0 Å². The Bertz CT molecular complexity index is 5510. The van der Waals surface area contributed by atoms with E-state index in [1.54, 1.807) is 0 Å². The highest BCUT2D eigenvalue weighted by molar-refractivity contribution is 6.09. The summed E-state index contributed by atoms with van der Waals surface area (Å²) >= 11 is 0. The first-order chi connectivity index (χ1) is 52.7. The van der Waals surface area contributed by atoms with Crippen LogP contribution in [0.4, 0.5) is 0 Å². The third kappa shape index (κ3) is 17.9.